The van der Waals surface area contributed by atoms with E-state index in [-0.39, 0.29) is 29.5 Å². The molecule has 2 rings (SSSR count). The highest BCUT2D eigenvalue weighted by atomic mass is 19.1. The fourth-order valence-corrected chi connectivity index (χ4v) is 1.95. The lowest BCUT2D eigenvalue weighted by Gasteiger charge is -2.30. The van der Waals surface area contributed by atoms with Gasteiger partial charge < -0.3 is 10.6 Å². The quantitative estimate of drug-likeness (QED) is 0.746. The Labute approximate surface area is 105 Å². The molecule has 1 heterocycles. The predicted molar refractivity (Wildman–Crippen MR) is 66.5 cm³/mol. The van der Waals surface area contributed by atoms with Gasteiger partial charge in [-0.3, -0.25) is 4.79 Å². The average Bonchev–Trinajstić information content (AvgIpc) is 2.36. The average molecular weight is 254 g/mol. The van der Waals surface area contributed by atoms with Crippen LogP contribution in [0.3, 0.4) is 0 Å². The summed E-state index contributed by atoms with van der Waals surface area (Å²) in [5.74, 6) is -1.70. The smallest absolute Gasteiger partial charge is 0.226 e. The van der Waals surface area contributed by atoms with Crippen LogP contribution in [0.1, 0.15) is 27.2 Å². The van der Waals surface area contributed by atoms with Crippen molar-refractivity contribution in [1.29, 1.82) is 0 Å². The number of carbonyl (C=O) groups excluding carboxylic acids is 1. The van der Waals surface area contributed by atoms with Crippen LogP contribution in [0, 0.1) is 17.0 Å². The summed E-state index contributed by atoms with van der Waals surface area (Å²) < 4.78 is 26.8. The van der Waals surface area contributed by atoms with Gasteiger partial charge in [0.25, 0.3) is 0 Å². The van der Waals surface area contributed by atoms with Crippen molar-refractivity contribution < 1.29 is 13.6 Å². The van der Waals surface area contributed by atoms with Crippen LogP contribution in [-0.2, 0) is 4.79 Å². The van der Waals surface area contributed by atoms with Gasteiger partial charge in [-0.25, -0.2) is 8.78 Å². The highest BCUT2D eigenvalue weighted by Gasteiger charge is 2.31. The molecule has 1 unspecified atom stereocenters. The highest BCUT2D eigenvalue weighted by Crippen LogP contribution is 2.34. The molecule has 1 amide bonds. The standard InChI is InChI=1S/C13H16F2N2O/c1-13(2,3)10-6-11(18)17-12-8(15)4-7(14)5-9(12)16-10/h4-5,10,16H,6H2,1-3H3,(H,17,18). The van der Waals surface area contributed by atoms with Gasteiger partial charge in [0.05, 0.1) is 5.69 Å². The molecular formula is C13H16F2N2O. The molecule has 1 aromatic rings. The number of benzene rings is 1. The van der Waals surface area contributed by atoms with Crippen LogP contribution in [0.5, 0.6) is 0 Å². The molecule has 1 atom stereocenters. The normalized spacial score (nSPS) is 19.6. The van der Waals surface area contributed by atoms with E-state index < -0.39 is 11.6 Å². The minimum absolute atomic E-state index is 0.0214. The van der Waals surface area contributed by atoms with Crippen LogP contribution in [0.2, 0.25) is 0 Å². The number of nitrogens with one attached hydrogen (secondary N) is 2. The van der Waals surface area contributed by atoms with Crippen molar-refractivity contribution in [2.45, 2.75) is 33.2 Å². The van der Waals surface area contributed by atoms with E-state index in [9.17, 15) is 13.6 Å². The third kappa shape index (κ3) is 2.44. The zero-order valence-electron chi connectivity index (χ0n) is 10.6. The summed E-state index contributed by atoms with van der Waals surface area (Å²) in [5.41, 5.74) is 0.119. The van der Waals surface area contributed by atoms with Crippen LogP contribution >= 0.6 is 0 Å². The molecule has 0 radical (unpaired) electrons. The summed E-state index contributed by atoms with van der Waals surface area (Å²) in [4.78, 5) is 11.7. The number of carbonyl (C=O) groups is 1. The van der Waals surface area contributed by atoms with Gasteiger partial charge >= 0.3 is 0 Å². The Morgan fingerprint density at radius 2 is 1.94 bits per heavy atom. The Morgan fingerprint density at radius 1 is 1.28 bits per heavy atom. The number of fused-ring (bicyclic) bond motifs is 1. The molecule has 18 heavy (non-hydrogen) atoms. The Balaban J connectivity index is 2.46. The van der Waals surface area contributed by atoms with E-state index >= 15 is 0 Å². The van der Waals surface area contributed by atoms with E-state index in [4.69, 9.17) is 0 Å². The maximum atomic E-state index is 13.6. The molecule has 0 aromatic heterocycles. The molecule has 98 valence electrons. The van der Waals surface area contributed by atoms with Gasteiger partial charge in [-0.2, -0.15) is 0 Å². The molecule has 3 nitrogen and oxygen atoms in total. The van der Waals surface area contributed by atoms with Gasteiger partial charge in [-0.1, -0.05) is 20.8 Å². The minimum Gasteiger partial charge on any atom is -0.379 e. The molecule has 1 aromatic carbocycles. The number of amides is 1. The van der Waals surface area contributed by atoms with Gasteiger partial charge in [-0.15, -0.1) is 0 Å². The fraction of sp³-hybridized carbons (Fsp3) is 0.462. The molecule has 0 bridgehead atoms. The number of rotatable bonds is 0. The summed E-state index contributed by atoms with van der Waals surface area (Å²) >= 11 is 0. The van der Waals surface area contributed by atoms with Crippen LogP contribution in [0.15, 0.2) is 12.1 Å². The Hall–Kier alpha value is -1.65. The van der Waals surface area contributed by atoms with Gasteiger partial charge in [0, 0.05) is 18.5 Å². The van der Waals surface area contributed by atoms with E-state index in [2.05, 4.69) is 10.6 Å². The van der Waals surface area contributed by atoms with Crippen molar-refractivity contribution in [1.82, 2.24) is 0 Å². The maximum absolute atomic E-state index is 13.6. The minimum atomic E-state index is -0.764. The van der Waals surface area contributed by atoms with Gasteiger partial charge in [0.1, 0.15) is 11.5 Å². The summed E-state index contributed by atoms with van der Waals surface area (Å²) in [5, 5.41) is 5.52. The van der Waals surface area contributed by atoms with E-state index in [1.54, 1.807) is 0 Å². The van der Waals surface area contributed by atoms with Crippen LogP contribution in [-0.4, -0.2) is 11.9 Å². The maximum Gasteiger partial charge on any atom is 0.226 e. The second-order valence-electron chi connectivity index (χ2n) is 5.63. The lowest BCUT2D eigenvalue weighted by atomic mass is 9.84. The molecular weight excluding hydrogens is 238 g/mol. The summed E-state index contributed by atoms with van der Waals surface area (Å²) in [7, 11) is 0. The van der Waals surface area contributed by atoms with E-state index in [1.165, 1.54) is 6.07 Å². The van der Waals surface area contributed by atoms with Crippen LogP contribution < -0.4 is 10.6 Å². The number of hydrogen-bond donors (Lipinski definition) is 2. The summed E-state index contributed by atoms with van der Waals surface area (Å²) in [6.07, 6.45) is 0.221. The lowest BCUT2D eigenvalue weighted by molar-refractivity contribution is -0.116. The zero-order valence-corrected chi connectivity index (χ0v) is 10.6. The number of halogens is 2. The van der Waals surface area contributed by atoms with Crippen molar-refractivity contribution in [3.63, 3.8) is 0 Å². The Bertz CT molecular complexity index is 494. The second kappa shape index (κ2) is 4.23. The largest absolute Gasteiger partial charge is 0.379 e. The third-order valence-corrected chi connectivity index (χ3v) is 3.08. The molecule has 1 aliphatic rings. The Morgan fingerprint density at radius 3 is 2.56 bits per heavy atom. The van der Waals surface area contributed by atoms with Crippen LogP contribution in [0.25, 0.3) is 0 Å². The molecule has 0 saturated heterocycles. The van der Waals surface area contributed by atoms with Crippen molar-refractivity contribution >= 4 is 17.3 Å². The first-order valence-corrected chi connectivity index (χ1v) is 5.83. The molecule has 5 heteroatoms. The molecule has 0 spiro atoms. The van der Waals surface area contributed by atoms with Crippen molar-refractivity contribution in [2.24, 2.45) is 5.41 Å². The fourth-order valence-electron chi connectivity index (χ4n) is 1.95. The number of anilines is 2. The van der Waals surface area contributed by atoms with E-state index in [0.29, 0.717) is 5.69 Å². The van der Waals surface area contributed by atoms with E-state index in [0.717, 1.165) is 6.07 Å². The highest BCUT2D eigenvalue weighted by molar-refractivity contribution is 5.96. The predicted octanol–water partition coefficient (Wildman–Crippen LogP) is 3.13. The molecule has 0 aliphatic carbocycles. The second-order valence-corrected chi connectivity index (χ2v) is 5.63. The monoisotopic (exact) mass is 254 g/mol. The summed E-state index contributed by atoms with van der Waals surface area (Å²) in [6, 6.07) is 1.78. The van der Waals surface area contributed by atoms with Gasteiger partial charge in [0.15, 0.2) is 5.82 Å². The molecule has 0 fully saturated rings. The number of hydrogen-bond acceptors (Lipinski definition) is 2. The van der Waals surface area contributed by atoms with Crippen molar-refractivity contribution in [3.8, 4) is 0 Å². The first-order chi connectivity index (χ1) is 8.27. The first-order valence-electron chi connectivity index (χ1n) is 5.83. The molecule has 0 saturated carbocycles. The van der Waals surface area contributed by atoms with Gasteiger partial charge in [-0.05, 0) is 11.5 Å². The molecule has 2 N–H and O–H groups in total. The van der Waals surface area contributed by atoms with Crippen molar-refractivity contribution in [3.05, 3.63) is 23.8 Å². The molecule has 1 aliphatic heterocycles. The third-order valence-electron chi connectivity index (χ3n) is 3.08. The zero-order chi connectivity index (χ0) is 13.5. The lowest BCUT2D eigenvalue weighted by Crippen LogP contribution is -2.35. The summed E-state index contributed by atoms with van der Waals surface area (Å²) in [6.45, 7) is 5.91. The Kier molecular flexibility index (Phi) is 3.00. The SMILES string of the molecule is CC(C)(C)C1CC(=O)Nc2c(F)cc(F)cc2N1. The topological polar surface area (TPSA) is 41.1 Å². The van der Waals surface area contributed by atoms with Gasteiger partial charge in [0.2, 0.25) is 5.91 Å². The van der Waals surface area contributed by atoms with Crippen molar-refractivity contribution in [2.75, 3.05) is 10.6 Å². The van der Waals surface area contributed by atoms with Crippen LogP contribution in [0.4, 0.5) is 20.2 Å². The van der Waals surface area contributed by atoms with E-state index in [1.807, 2.05) is 20.8 Å². The first kappa shape index (κ1) is 12.8.